The first-order valence-corrected chi connectivity index (χ1v) is 15.3. The van der Waals surface area contributed by atoms with Crippen LogP contribution in [-0.2, 0) is 16.6 Å². The number of sulfonamides is 1. The summed E-state index contributed by atoms with van der Waals surface area (Å²) in [4.78, 5) is 28.5. The molecule has 1 aliphatic heterocycles. The number of fused-ring (bicyclic) bond motifs is 1. The Kier molecular flexibility index (Phi) is 9.78. The van der Waals surface area contributed by atoms with Gasteiger partial charge < -0.3 is 19.8 Å². The molecule has 1 heterocycles. The quantitative estimate of drug-likeness (QED) is 0.309. The Morgan fingerprint density at radius 1 is 1.14 bits per heavy atom. The van der Waals surface area contributed by atoms with Crippen LogP contribution in [0, 0.1) is 5.92 Å². The van der Waals surface area contributed by atoms with E-state index in [1.807, 2.05) is 18.9 Å². The number of hydrogen-bond acceptors (Lipinski definition) is 7. The number of carboxylic acid groups (broad SMARTS) is 1. The van der Waals surface area contributed by atoms with Gasteiger partial charge in [-0.25, -0.2) is 13.2 Å². The van der Waals surface area contributed by atoms with Gasteiger partial charge >= 0.3 is 5.97 Å². The van der Waals surface area contributed by atoms with Crippen LogP contribution in [-0.4, -0.2) is 79.2 Å². The van der Waals surface area contributed by atoms with E-state index >= 15 is 0 Å². The van der Waals surface area contributed by atoms with E-state index in [0.717, 1.165) is 5.56 Å². The molecule has 0 saturated heterocycles. The third kappa shape index (κ3) is 7.22. The summed E-state index contributed by atoms with van der Waals surface area (Å²) in [6.45, 7) is 4.67. The van der Waals surface area contributed by atoms with E-state index in [2.05, 4.69) is 4.72 Å². The Bertz CT molecular complexity index is 1530. The maximum Gasteiger partial charge on any atom is 0.335 e. The lowest BCUT2D eigenvalue weighted by Crippen LogP contribution is -2.49. The zero-order valence-electron chi connectivity index (χ0n) is 23.5. The van der Waals surface area contributed by atoms with Crippen LogP contribution in [0.3, 0.4) is 0 Å². The number of benzene rings is 3. The van der Waals surface area contributed by atoms with Gasteiger partial charge in [0.2, 0.25) is 0 Å². The Labute approximate surface area is 250 Å². The van der Waals surface area contributed by atoms with Crippen LogP contribution in [0.1, 0.15) is 40.1 Å². The fourth-order valence-electron chi connectivity index (χ4n) is 4.80. The zero-order chi connectivity index (χ0) is 30.6. The van der Waals surface area contributed by atoms with Gasteiger partial charge in [0.1, 0.15) is 6.10 Å². The van der Waals surface area contributed by atoms with E-state index in [1.54, 1.807) is 48.2 Å². The number of para-hydroxylation sites is 1. The van der Waals surface area contributed by atoms with Crippen molar-refractivity contribution in [2.75, 3.05) is 31.5 Å². The van der Waals surface area contributed by atoms with Gasteiger partial charge in [-0.05, 0) is 68.1 Å². The van der Waals surface area contributed by atoms with Crippen molar-refractivity contribution in [2.45, 2.75) is 37.4 Å². The lowest BCUT2D eigenvalue weighted by atomic mass is 9.99. The van der Waals surface area contributed by atoms with Crippen molar-refractivity contribution in [1.29, 1.82) is 0 Å². The molecule has 10 nitrogen and oxygen atoms in total. The average Bonchev–Trinajstić information content (AvgIpc) is 2.95. The van der Waals surface area contributed by atoms with Gasteiger partial charge in [0.25, 0.3) is 15.9 Å². The minimum atomic E-state index is -4.05. The summed E-state index contributed by atoms with van der Waals surface area (Å²) in [7, 11) is -2.15. The summed E-state index contributed by atoms with van der Waals surface area (Å²) >= 11 is 5.94. The monoisotopic (exact) mass is 615 g/mol. The summed E-state index contributed by atoms with van der Waals surface area (Å²) in [5, 5.41) is 19.5. The number of aliphatic hydroxyl groups is 1. The largest absolute Gasteiger partial charge is 0.486 e. The van der Waals surface area contributed by atoms with Gasteiger partial charge in [0.15, 0.2) is 5.75 Å². The number of rotatable bonds is 10. The second-order valence-corrected chi connectivity index (χ2v) is 12.7. The molecule has 0 radical (unpaired) electrons. The number of amides is 1. The predicted octanol–water partition coefficient (Wildman–Crippen LogP) is 4.19. The standard InChI is InChI=1S/C30H34ClN3O7S/c1-19-15-34(20(2)18-35)29(36)25-5-4-6-26(32-42(39,40)24-13-11-23(31)12-14-24)28(25)41-27(19)17-33(3)16-21-7-9-22(10-8-21)30(37)38/h4-14,19-20,27,32,35H,15-18H2,1-3H3,(H,37,38)/t19-,20-,27-/m0/s1. The van der Waals surface area contributed by atoms with E-state index in [0.29, 0.717) is 24.7 Å². The van der Waals surface area contributed by atoms with Crippen LogP contribution in [0.15, 0.2) is 71.6 Å². The fourth-order valence-corrected chi connectivity index (χ4v) is 5.98. The van der Waals surface area contributed by atoms with Crippen molar-refractivity contribution in [3.8, 4) is 5.75 Å². The Balaban J connectivity index is 1.67. The normalized spacial score (nSPS) is 18.0. The van der Waals surface area contributed by atoms with Gasteiger partial charge in [0, 0.05) is 30.6 Å². The molecule has 0 fully saturated rings. The number of nitrogens with one attached hydrogen (secondary N) is 1. The second-order valence-electron chi connectivity index (χ2n) is 10.6. The highest BCUT2D eigenvalue weighted by molar-refractivity contribution is 7.92. The summed E-state index contributed by atoms with van der Waals surface area (Å²) in [6, 6.07) is 16.5. The minimum absolute atomic E-state index is 0.00392. The summed E-state index contributed by atoms with van der Waals surface area (Å²) in [6.07, 6.45) is -0.477. The number of aromatic carboxylic acids is 1. The third-order valence-corrected chi connectivity index (χ3v) is 8.84. The number of nitrogens with zero attached hydrogens (tertiary/aromatic N) is 2. The van der Waals surface area contributed by atoms with E-state index in [9.17, 15) is 28.2 Å². The van der Waals surface area contributed by atoms with Gasteiger partial charge in [-0.2, -0.15) is 0 Å². The minimum Gasteiger partial charge on any atom is -0.486 e. The molecule has 12 heteroatoms. The summed E-state index contributed by atoms with van der Waals surface area (Å²) in [5.74, 6) is -1.47. The SMILES string of the molecule is C[C@H]1CN([C@@H](C)CO)C(=O)c2cccc(NS(=O)(=O)c3ccc(Cl)cc3)c2O[C@H]1CN(C)Cc1ccc(C(=O)O)cc1. The first-order valence-electron chi connectivity index (χ1n) is 13.4. The number of hydrogen-bond donors (Lipinski definition) is 3. The van der Waals surface area contributed by atoms with Crippen LogP contribution in [0.25, 0.3) is 0 Å². The number of halogens is 1. The molecule has 0 spiro atoms. The molecule has 0 aromatic heterocycles. The summed E-state index contributed by atoms with van der Waals surface area (Å²) in [5.41, 5.74) is 1.39. The first kappa shape index (κ1) is 31.3. The molecule has 224 valence electrons. The molecular formula is C30H34ClN3O7S. The molecule has 1 aliphatic rings. The average molecular weight is 616 g/mol. The van der Waals surface area contributed by atoms with Gasteiger partial charge in [-0.1, -0.05) is 36.7 Å². The van der Waals surface area contributed by atoms with Crippen molar-refractivity contribution < 1.29 is 33.0 Å². The van der Waals surface area contributed by atoms with E-state index in [1.165, 1.54) is 30.3 Å². The van der Waals surface area contributed by atoms with Crippen molar-refractivity contribution in [1.82, 2.24) is 9.80 Å². The van der Waals surface area contributed by atoms with Crippen molar-refractivity contribution in [3.05, 3.63) is 88.4 Å². The molecule has 42 heavy (non-hydrogen) atoms. The summed E-state index contributed by atoms with van der Waals surface area (Å²) < 4.78 is 35.6. The lowest BCUT2D eigenvalue weighted by molar-refractivity contribution is 0.0343. The number of carboxylic acids is 1. The van der Waals surface area contributed by atoms with E-state index < -0.39 is 28.1 Å². The Hall–Kier alpha value is -3.64. The molecular weight excluding hydrogens is 582 g/mol. The van der Waals surface area contributed by atoms with E-state index in [4.69, 9.17) is 16.3 Å². The number of likely N-dealkylation sites (N-methyl/N-ethyl adjacent to an activating group) is 1. The highest BCUT2D eigenvalue weighted by Crippen LogP contribution is 2.36. The molecule has 0 bridgehead atoms. The highest BCUT2D eigenvalue weighted by atomic mass is 35.5. The Morgan fingerprint density at radius 3 is 2.43 bits per heavy atom. The molecule has 1 amide bonds. The third-order valence-electron chi connectivity index (χ3n) is 7.20. The van der Waals surface area contributed by atoms with Crippen molar-refractivity contribution in [2.24, 2.45) is 5.92 Å². The van der Waals surface area contributed by atoms with Gasteiger partial charge in [-0.15, -0.1) is 0 Å². The van der Waals surface area contributed by atoms with Crippen molar-refractivity contribution in [3.63, 3.8) is 0 Å². The predicted molar refractivity (Wildman–Crippen MR) is 160 cm³/mol. The van der Waals surface area contributed by atoms with Crippen LogP contribution < -0.4 is 9.46 Å². The molecule has 3 atom stereocenters. The number of ether oxygens (including phenoxy) is 1. The lowest BCUT2D eigenvalue weighted by Gasteiger charge is -2.38. The molecule has 0 unspecified atom stereocenters. The van der Waals surface area contributed by atoms with E-state index in [-0.39, 0.29) is 45.9 Å². The van der Waals surface area contributed by atoms with Crippen LogP contribution in [0.4, 0.5) is 5.69 Å². The highest BCUT2D eigenvalue weighted by Gasteiger charge is 2.35. The molecule has 0 saturated carbocycles. The molecule has 3 aromatic rings. The molecule has 3 N–H and O–H groups in total. The maximum absolute atomic E-state index is 13.7. The second kappa shape index (κ2) is 13.1. The molecule has 4 rings (SSSR count). The topological polar surface area (TPSA) is 136 Å². The number of anilines is 1. The Morgan fingerprint density at radius 2 is 1.81 bits per heavy atom. The van der Waals surface area contributed by atoms with Gasteiger partial charge in [-0.3, -0.25) is 14.4 Å². The smallest absolute Gasteiger partial charge is 0.335 e. The number of aliphatic hydroxyl groups excluding tert-OH is 1. The first-order chi connectivity index (χ1) is 19.9. The van der Waals surface area contributed by atoms with Gasteiger partial charge in [0.05, 0.1) is 34.4 Å². The fraction of sp³-hybridized carbons (Fsp3) is 0.333. The molecule has 3 aromatic carbocycles. The van der Waals surface area contributed by atoms with Crippen LogP contribution in [0.5, 0.6) is 5.75 Å². The van der Waals surface area contributed by atoms with Crippen molar-refractivity contribution >= 4 is 39.2 Å². The maximum atomic E-state index is 13.7. The molecule has 0 aliphatic carbocycles. The van der Waals surface area contributed by atoms with Crippen LogP contribution in [0.2, 0.25) is 5.02 Å². The number of carbonyl (C=O) groups is 2. The zero-order valence-corrected chi connectivity index (χ0v) is 25.1. The van der Waals surface area contributed by atoms with Crippen LogP contribution >= 0.6 is 11.6 Å². The number of carbonyl (C=O) groups excluding carboxylic acids is 1.